The fourth-order valence-electron chi connectivity index (χ4n) is 1.72. The molecule has 13 heavy (non-hydrogen) atoms. The Hall–Kier alpha value is 0.270. The van der Waals surface area contributed by atoms with Gasteiger partial charge in [0, 0.05) is 12.0 Å². The lowest BCUT2D eigenvalue weighted by molar-refractivity contribution is 0.0198. The summed E-state index contributed by atoms with van der Waals surface area (Å²) in [4.78, 5) is 0. The molecule has 0 aromatic carbocycles. The van der Waals surface area contributed by atoms with Crippen molar-refractivity contribution >= 4 is 11.8 Å². The first-order valence-electron chi connectivity index (χ1n) is 5.24. The van der Waals surface area contributed by atoms with Crippen LogP contribution in [0.1, 0.15) is 25.7 Å². The van der Waals surface area contributed by atoms with Crippen LogP contribution in [0, 0.1) is 5.41 Å². The van der Waals surface area contributed by atoms with Crippen molar-refractivity contribution in [3.05, 3.63) is 0 Å². The Kier molecular flexibility index (Phi) is 3.17. The summed E-state index contributed by atoms with van der Waals surface area (Å²) in [5.41, 5.74) is 6.09. The molecule has 0 aromatic rings. The van der Waals surface area contributed by atoms with Crippen LogP contribution in [-0.4, -0.2) is 30.8 Å². The van der Waals surface area contributed by atoms with Crippen molar-refractivity contribution in [2.75, 3.05) is 24.7 Å². The van der Waals surface area contributed by atoms with Crippen molar-refractivity contribution in [3.63, 3.8) is 0 Å². The van der Waals surface area contributed by atoms with Crippen molar-refractivity contribution in [1.82, 2.24) is 0 Å². The molecule has 1 heterocycles. The van der Waals surface area contributed by atoms with E-state index in [0.29, 0.717) is 11.5 Å². The summed E-state index contributed by atoms with van der Waals surface area (Å²) in [5.74, 6) is 2.56. The maximum atomic E-state index is 5.91. The molecule has 0 unspecified atom stereocenters. The first-order valence-corrected chi connectivity index (χ1v) is 6.40. The fourth-order valence-corrected chi connectivity index (χ4v) is 2.78. The van der Waals surface area contributed by atoms with Crippen molar-refractivity contribution in [2.24, 2.45) is 11.1 Å². The normalized spacial score (nSPS) is 27.5. The largest absolute Gasteiger partial charge is 0.378 e. The minimum absolute atomic E-state index is 0.393. The first kappa shape index (κ1) is 9.81. The molecule has 0 atom stereocenters. The quantitative estimate of drug-likeness (QED) is 0.751. The van der Waals surface area contributed by atoms with Crippen LogP contribution < -0.4 is 5.73 Å². The van der Waals surface area contributed by atoms with E-state index in [4.69, 9.17) is 10.5 Å². The number of hydrogen-bond donors (Lipinski definition) is 1. The third-order valence-corrected chi connectivity index (χ3v) is 4.23. The van der Waals surface area contributed by atoms with Gasteiger partial charge in [0.1, 0.15) is 0 Å². The second kappa shape index (κ2) is 4.20. The minimum Gasteiger partial charge on any atom is -0.378 e. The highest BCUT2D eigenvalue weighted by Crippen LogP contribution is 2.45. The van der Waals surface area contributed by atoms with E-state index in [1.165, 1.54) is 37.2 Å². The molecule has 76 valence electrons. The van der Waals surface area contributed by atoms with Gasteiger partial charge in [0.2, 0.25) is 0 Å². The summed E-state index contributed by atoms with van der Waals surface area (Å²) < 4.78 is 5.91. The van der Waals surface area contributed by atoms with Crippen LogP contribution >= 0.6 is 11.8 Å². The molecule has 1 saturated carbocycles. The molecule has 3 heteroatoms. The maximum absolute atomic E-state index is 5.91. The molecule has 0 radical (unpaired) electrons. The Bertz CT molecular complexity index is 164. The second-order valence-corrected chi connectivity index (χ2v) is 5.55. The van der Waals surface area contributed by atoms with Gasteiger partial charge in [-0.3, -0.25) is 0 Å². The lowest BCUT2D eigenvalue weighted by Gasteiger charge is -2.24. The fraction of sp³-hybridized carbons (Fsp3) is 1.00. The van der Waals surface area contributed by atoms with E-state index < -0.39 is 0 Å². The number of thioether (sulfide) groups is 1. The molecule has 2 aliphatic rings. The van der Waals surface area contributed by atoms with Crippen LogP contribution in [0.4, 0.5) is 0 Å². The third-order valence-electron chi connectivity index (χ3n) is 3.18. The number of rotatable bonds is 4. The van der Waals surface area contributed by atoms with Gasteiger partial charge in [-0.25, -0.2) is 0 Å². The molecule has 0 bridgehead atoms. The van der Waals surface area contributed by atoms with Crippen molar-refractivity contribution in [2.45, 2.75) is 31.8 Å². The van der Waals surface area contributed by atoms with Crippen molar-refractivity contribution in [1.29, 1.82) is 0 Å². The summed E-state index contributed by atoms with van der Waals surface area (Å²) in [6.07, 6.45) is 5.58. The summed E-state index contributed by atoms with van der Waals surface area (Å²) in [6, 6.07) is 0. The average Bonchev–Trinajstić information content (AvgIpc) is 2.97. The summed E-state index contributed by atoms with van der Waals surface area (Å²) >= 11 is 2.05. The lowest BCUT2D eigenvalue weighted by Crippen LogP contribution is -2.27. The van der Waals surface area contributed by atoms with Gasteiger partial charge in [0.05, 0.1) is 12.7 Å². The van der Waals surface area contributed by atoms with Gasteiger partial charge in [-0.1, -0.05) is 0 Å². The van der Waals surface area contributed by atoms with Crippen LogP contribution in [-0.2, 0) is 4.74 Å². The molecule has 2 fully saturated rings. The molecule has 0 spiro atoms. The maximum Gasteiger partial charge on any atom is 0.0591 e. The lowest BCUT2D eigenvalue weighted by atomic mass is 10.1. The molecular weight excluding hydrogens is 182 g/mol. The van der Waals surface area contributed by atoms with E-state index in [9.17, 15) is 0 Å². The summed E-state index contributed by atoms with van der Waals surface area (Å²) in [6.45, 7) is 1.73. The van der Waals surface area contributed by atoms with Gasteiger partial charge in [0.15, 0.2) is 0 Å². The second-order valence-electron chi connectivity index (χ2n) is 4.33. The van der Waals surface area contributed by atoms with Gasteiger partial charge in [-0.15, -0.1) is 0 Å². The summed E-state index contributed by atoms with van der Waals surface area (Å²) in [7, 11) is 0. The first-order chi connectivity index (χ1) is 6.35. The average molecular weight is 201 g/mol. The Morgan fingerprint density at radius 1 is 1.31 bits per heavy atom. The standard InChI is InChI=1S/C10H19NOS/c11-7-10(3-4-10)8-12-9-1-5-13-6-2-9/h9H,1-8,11H2. The van der Waals surface area contributed by atoms with Crippen LogP contribution in [0.5, 0.6) is 0 Å². The molecule has 1 aliphatic carbocycles. The van der Waals surface area contributed by atoms with Crippen LogP contribution in [0.15, 0.2) is 0 Å². The molecule has 1 aliphatic heterocycles. The van der Waals surface area contributed by atoms with Gasteiger partial charge < -0.3 is 10.5 Å². The Labute approximate surface area is 84.6 Å². The summed E-state index contributed by atoms with van der Waals surface area (Å²) in [5, 5.41) is 0. The van der Waals surface area contributed by atoms with E-state index in [0.717, 1.165) is 13.2 Å². The SMILES string of the molecule is NCC1(COC2CCSCC2)CC1. The predicted molar refractivity (Wildman–Crippen MR) is 57.0 cm³/mol. The zero-order valence-electron chi connectivity index (χ0n) is 8.13. The zero-order valence-corrected chi connectivity index (χ0v) is 8.94. The Balaban J connectivity index is 1.66. The number of ether oxygens (including phenoxy) is 1. The van der Waals surface area contributed by atoms with Gasteiger partial charge in [-0.2, -0.15) is 11.8 Å². The molecule has 2 rings (SSSR count). The van der Waals surface area contributed by atoms with E-state index in [2.05, 4.69) is 0 Å². The molecule has 0 aromatic heterocycles. The highest BCUT2D eigenvalue weighted by atomic mass is 32.2. The highest BCUT2D eigenvalue weighted by molar-refractivity contribution is 7.99. The topological polar surface area (TPSA) is 35.2 Å². The van der Waals surface area contributed by atoms with E-state index in [-0.39, 0.29) is 0 Å². The minimum atomic E-state index is 0.393. The molecule has 1 saturated heterocycles. The molecular formula is C10H19NOS. The van der Waals surface area contributed by atoms with Crippen molar-refractivity contribution in [3.8, 4) is 0 Å². The van der Waals surface area contributed by atoms with E-state index in [1.54, 1.807) is 0 Å². The van der Waals surface area contributed by atoms with Gasteiger partial charge in [-0.05, 0) is 37.2 Å². The predicted octanol–water partition coefficient (Wildman–Crippen LogP) is 1.64. The molecule has 2 nitrogen and oxygen atoms in total. The highest BCUT2D eigenvalue weighted by Gasteiger charge is 2.41. The van der Waals surface area contributed by atoms with E-state index >= 15 is 0 Å². The zero-order chi connectivity index (χ0) is 9.15. The third kappa shape index (κ3) is 2.61. The van der Waals surface area contributed by atoms with Crippen LogP contribution in [0.3, 0.4) is 0 Å². The molecule has 0 amide bonds. The Morgan fingerprint density at radius 3 is 2.54 bits per heavy atom. The van der Waals surface area contributed by atoms with E-state index in [1.807, 2.05) is 11.8 Å². The van der Waals surface area contributed by atoms with Crippen molar-refractivity contribution < 1.29 is 4.74 Å². The van der Waals surface area contributed by atoms with Crippen LogP contribution in [0.25, 0.3) is 0 Å². The smallest absolute Gasteiger partial charge is 0.0591 e. The monoisotopic (exact) mass is 201 g/mol. The van der Waals surface area contributed by atoms with Gasteiger partial charge >= 0.3 is 0 Å². The number of hydrogen-bond acceptors (Lipinski definition) is 3. The number of nitrogens with two attached hydrogens (primary N) is 1. The van der Waals surface area contributed by atoms with Gasteiger partial charge in [0.25, 0.3) is 0 Å². The van der Waals surface area contributed by atoms with Crippen LogP contribution in [0.2, 0.25) is 0 Å². The molecule has 2 N–H and O–H groups in total. The Morgan fingerprint density at radius 2 is 2.00 bits per heavy atom.